The Hall–Kier alpha value is -1.42. The summed E-state index contributed by atoms with van der Waals surface area (Å²) in [5.41, 5.74) is 1.69. The Morgan fingerprint density at radius 3 is 2.67 bits per heavy atom. The van der Waals surface area contributed by atoms with E-state index in [-0.39, 0.29) is 16.7 Å². The SMILES string of the molecule is Cc1cccc([N+](=O)[O-])c1COC(C)C. The monoisotopic (exact) mass is 209 g/mol. The summed E-state index contributed by atoms with van der Waals surface area (Å²) >= 11 is 0. The standard InChI is InChI=1S/C11H15NO3/c1-8(2)15-7-10-9(3)5-4-6-11(10)12(13)14/h4-6,8H,7H2,1-3H3. The van der Waals surface area contributed by atoms with E-state index in [1.807, 2.05) is 26.8 Å². The van der Waals surface area contributed by atoms with Crippen LogP contribution < -0.4 is 0 Å². The van der Waals surface area contributed by atoms with Crippen molar-refractivity contribution in [3.05, 3.63) is 39.4 Å². The highest BCUT2D eigenvalue weighted by molar-refractivity contribution is 5.44. The molecule has 0 spiro atoms. The maximum absolute atomic E-state index is 10.8. The topological polar surface area (TPSA) is 52.4 Å². The zero-order chi connectivity index (χ0) is 11.4. The third kappa shape index (κ3) is 3.02. The second-order valence-electron chi connectivity index (χ2n) is 3.69. The van der Waals surface area contributed by atoms with Crippen LogP contribution in [-0.4, -0.2) is 11.0 Å². The van der Waals surface area contributed by atoms with Gasteiger partial charge in [-0.3, -0.25) is 10.1 Å². The highest BCUT2D eigenvalue weighted by atomic mass is 16.6. The third-order valence-electron chi connectivity index (χ3n) is 2.14. The van der Waals surface area contributed by atoms with Crippen molar-refractivity contribution in [3.63, 3.8) is 0 Å². The fraction of sp³-hybridized carbons (Fsp3) is 0.455. The number of hydrogen-bond donors (Lipinski definition) is 0. The van der Waals surface area contributed by atoms with Gasteiger partial charge in [0.2, 0.25) is 0 Å². The van der Waals surface area contributed by atoms with Crippen LogP contribution in [-0.2, 0) is 11.3 Å². The van der Waals surface area contributed by atoms with Crippen LogP contribution in [0.2, 0.25) is 0 Å². The highest BCUT2D eigenvalue weighted by Crippen LogP contribution is 2.22. The van der Waals surface area contributed by atoms with Crippen molar-refractivity contribution in [2.24, 2.45) is 0 Å². The minimum Gasteiger partial charge on any atom is -0.374 e. The minimum absolute atomic E-state index is 0.0733. The predicted octanol–water partition coefficient (Wildman–Crippen LogP) is 2.83. The Kier molecular flexibility index (Phi) is 3.80. The lowest BCUT2D eigenvalue weighted by Crippen LogP contribution is -2.06. The Bertz CT molecular complexity index is 361. The maximum Gasteiger partial charge on any atom is 0.275 e. The summed E-state index contributed by atoms with van der Waals surface area (Å²) in [6.07, 6.45) is 0.0733. The molecule has 0 saturated carbocycles. The zero-order valence-electron chi connectivity index (χ0n) is 9.19. The lowest BCUT2D eigenvalue weighted by molar-refractivity contribution is -0.386. The summed E-state index contributed by atoms with van der Waals surface area (Å²) in [5, 5.41) is 10.8. The molecule has 1 aromatic rings. The van der Waals surface area contributed by atoms with Gasteiger partial charge >= 0.3 is 0 Å². The van der Waals surface area contributed by atoms with Gasteiger partial charge in [0.1, 0.15) is 0 Å². The highest BCUT2D eigenvalue weighted by Gasteiger charge is 2.15. The Morgan fingerprint density at radius 1 is 1.47 bits per heavy atom. The molecular formula is C11H15NO3. The summed E-state index contributed by atoms with van der Waals surface area (Å²) in [4.78, 5) is 10.4. The van der Waals surface area contributed by atoms with Crippen molar-refractivity contribution in [2.45, 2.75) is 33.5 Å². The predicted molar refractivity (Wildman–Crippen MR) is 57.8 cm³/mol. The smallest absolute Gasteiger partial charge is 0.275 e. The molecule has 0 bridgehead atoms. The molecule has 0 N–H and O–H groups in total. The minimum atomic E-state index is -0.369. The van der Waals surface area contributed by atoms with E-state index in [9.17, 15) is 10.1 Å². The normalized spacial score (nSPS) is 10.7. The molecule has 0 radical (unpaired) electrons. The molecule has 0 saturated heterocycles. The van der Waals surface area contributed by atoms with Crippen molar-refractivity contribution in [1.29, 1.82) is 0 Å². The zero-order valence-corrected chi connectivity index (χ0v) is 9.19. The van der Waals surface area contributed by atoms with E-state index < -0.39 is 0 Å². The van der Waals surface area contributed by atoms with E-state index >= 15 is 0 Å². The Morgan fingerprint density at radius 2 is 2.13 bits per heavy atom. The molecule has 1 rings (SSSR count). The van der Waals surface area contributed by atoms with Crippen LogP contribution in [0.1, 0.15) is 25.0 Å². The second-order valence-corrected chi connectivity index (χ2v) is 3.69. The average molecular weight is 209 g/mol. The van der Waals surface area contributed by atoms with Crippen molar-refractivity contribution in [1.82, 2.24) is 0 Å². The number of nitro groups is 1. The summed E-state index contributed by atoms with van der Waals surface area (Å²) < 4.78 is 5.40. The van der Waals surface area contributed by atoms with Gasteiger partial charge < -0.3 is 4.74 Å². The summed E-state index contributed by atoms with van der Waals surface area (Å²) in [6, 6.07) is 5.05. The van der Waals surface area contributed by atoms with Gasteiger partial charge in [0, 0.05) is 6.07 Å². The molecule has 82 valence electrons. The molecule has 0 aliphatic heterocycles. The molecule has 0 aliphatic rings. The molecular weight excluding hydrogens is 194 g/mol. The second kappa shape index (κ2) is 4.89. The number of hydrogen-bond acceptors (Lipinski definition) is 3. The summed E-state index contributed by atoms with van der Waals surface area (Å²) in [6.45, 7) is 5.96. The van der Waals surface area contributed by atoms with E-state index in [1.54, 1.807) is 6.07 Å². The molecule has 0 fully saturated rings. The Balaban J connectivity index is 2.97. The van der Waals surface area contributed by atoms with Gasteiger partial charge in [0.15, 0.2) is 0 Å². The van der Waals surface area contributed by atoms with Crippen LogP contribution in [0.15, 0.2) is 18.2 Å². The van der Waals surface area contributed by atoms with Gasteiger partial charge in [-0.05, 0) is 26.3 Å². The molecule has 1 aromatic carbocycles. The first kappa shape index (κ1) is 11.7. The quantitative estimate of drug-likeness (QED) is 0.566. The van der Waals surface area contributed by atoms with Crippen LogP contribution in [0.3, 0.4) is 0 Å². The number of aryl methyl sites for hydroxylation is 1. The van der Waals surface area contributed by atoms with Crippen LogP contribution in [0.4, 0.5) is 5.69 Å². The molecule has 0 amide bonds. The molecule has 4 heteroatoms. The van der Waals surface area contributed by atoms with E-state index in [0.29, 0.717) is 12.2 Å². The van der Waals surface area contributed by atoms with E-state index in [0.717, 1.165) is 5.56 Å². The van der Waals surface area contributed by atoms with Crippen LogP contribution in [0.25, 0.3) is 0 Å². The number of benzene rings is 1. The fourth-order valence-corrected chi connectivity index (χ4v) is 1.30. The molecule has 0 atom stereocenters. The first-order chi connectivity index (χ1) is 7.02. The van der Waals surface area contributed by atoms with E-state index in [1.165, 1.54) is 6.07 Å². The first-order valence-corrected chi connectivity index (χ1v) is 4.87. The first-order valence-electron chi connectivity index (χ1n) is 4.87. The third-order valence-corrected chi connectivity index (χ3v) is 2.14. The van der Waals surface area contributed by atoms with Gasteiger partial charge in [-0.2, -0.15) is 0 Å². The van der Waals surface area contributed by atoms with Crippen molar-refractivity contribution >= 4 is 5.69 Å². The Labute approximate surface area is 89.0 Å². The summed E-state index contributed by atoms with van der Waals surface area (Å²) in [5.74, 6) is 0. The summed E-state index contributed by atoms with van der Waals surface area (Å²) in [7, 11) is 0. The van der Waals surface area contributed by atoms with Gasteiger partial charge in [0.05, 0.1) is 23.2 Å². The van der Waals surface area contributed by atoms with Crippen molar-refractivity contribution in [3.8, 4) is 0 Å². The maximum atomic E-state index is 10.8. The molecule has 0 aromatic heterocycles. The van der Waals surface area contributed by atoms with Crippen LogP contribution in [0.5, 0.6) is 0 Å². The van der Waals surface area contributed by atoms with E-state index in [2.05, 4.69) is 0 Å². The van der Waals surface area contributed by atoms with Gasteiger partial charge in [-0.25, -0.2) is 0 Å². The number of nitro benzene ring substituents is 1. The number of nitrogens with zero attached hydrogens (tertiary/aromatic N) is 1. The van der Waals surface area contributed by atoms with E-state index in [4.69, 9.17) is 4.74 Å². The average Bonchev–Trinajstić information content (AvgIpc) is 2.15. The lowest BCUT2D eigenvalue weighted by Gasteiger charge is -2.09. The van der Waals surface area contributed by atoms with Gasteiger partial charge in [-0.1, -0.05) is 12.1 Å². The van der Waals surface area contributed by atoms with Gasteiger partial charge in [0.25, 0.3) is 5.69 Å². The largest absolute Gasteiger partial charge is 0.374 e. The van der Waals surface area contributed by atoms with Crippen molar-refractivity contribution < 1.29 is 9.66 Å². The molecule has 15 heavy (non-hydrogen) atoms. The molecule has 0 unspecified atom stereocenters. The number of ether oxygens (including phenoxy) is 1. The van der Waals surface area contributed by atoms with Gasteiger partial charge in [-0.15, -0.1) is 0 Å². The van der Waals surface area contributed by atoms with Crippen LogP contribution in [0, 0.1) is 17.0 Å². The molecule has 4 nitrogen and oxygen atoms in total. The lowest BCUT2D eigenvalue weighted by atomic mass is 10.1. The van der Waals surface area contributed by atoms with Crippen LogP contribution >= 0.6 is 0 Å². The number of rotatable bonds is 4. The molecule has 0 heterocycles. The fourth-order valence-electron chi connectivity index (χ4n) is 1.30. The molecule has 0 aliphatic carbocycles. The van der Waals surface area contributed by atoms with Crippen molar-refractivity contribution in [2.75, 3.05) is 0 Å².